The quantitative estimate of drug-likeness (QED) is 0.560. The summed E-state index contributed by atoms with van der Waals surface area (Å²) in [6.45, 7) is 7.38. The molecule has 0 radical (unpaired) electrons. The number of aliphatic hydroxyl groups is 2. The van der Waals surface area contributed by atoms with Crippen LogP contribution in [0.1, 0.15) is 56.6 Å². The van der Waals surface area contributed by atoms with Crippen LogP contribution in [0.4, 0.5) is 0 Å². The van der Waals surface area contributed by atoms with Gasteiger partial charge in [0.25, 0.3) is 0 Å². The van der Waals surface area contributed by atoms with Gasteiger partial charge in [0.2, 0.25) is 0 Å². The van der Waals surface area contributed by atoms with E-state index in [1.807, 2.05) is 20.8 Å². The highest BCUT2D eigenvalue weighted by molar-refractivity contribution is 5.82. The van der Waals surface area contributed by atoms with E-state index in [0.29, 0.717) is 16.9 Å². The first-order valence-corrected chi connectivity index (χ1v) is 9.04. The van der Waals surface area contributed by atoms with Crippen LogP contribution in [0.25, 0.3) is 0 Å². The van der Waals surface area contributed by atoms with Gasteiger partial charge in [-0.3, -0.25) is 4.79 Å². The number of rotatable bonds is 1. The lowest BCUT2D eigenvalue weighted by molar-refractivity contribution is -0.156. The second-order valence-corrected chi connectivity index (χ2v) is 8.74. The smallest absolute Gasteiger partial charge is 0.336 e. The molecule has 140 valence electrons. The minimum Gasteiger partial charge on any atom is -0.458 e. The molecule has 2 N–H and O–H groups in total. The first-order valence-electron chi connectivity index (χ1n) is 9.04. The van der Waals surface area contributed by atoms with Crippen LogP contribution in [0.15, 0.2) is 15.3 Å². The number of hydrogen-bond donors (Lipinski definition) is 2. The molecule has 4 aliphatic rings. The van der Waals surface area contributed by atoms with E-state index in [1.54, 1.807) is 6.92 Å². The van der Waals surface area contributed by atoms with Gasteiger partial charge in [0.15, 0.2) is 0 Å². The summed E-state index contributed by atoms with van der Waals surface area (Å²) in [5.74, 6) is -0.739. The van der Waals surface area contributed by atoms with Gasteiger partial charge in [0.05, 0.1) is 12.2 Å². The first kappa shape index (κ1) is 16.5. The summed E-state index contributed by atoms with van der Waals surface area (Å²) in [4.78, 5) is 25.0. The fourth-order valence-corrected chi connectivity index (χ4v) is 5.85. The third kappa shape index (κ3) is 1.57. The molecule has 0 bridgehead atoms. The summed E-state index contributed by atoms with van der Waals surface area (Å²) < 4.78 is 16.8. The molecule has 2 aliphatic heterocycles. The van der Waals surface area contributed by atoms with Crippen LogP contribution in [0.2, 0.25) is 0 Å². The largest absolute Gasteiger partial charge is 0.458 e. The summed E-state index contributed by atoms with van der Waals surface area (Å²) in [6, 6.07) is 1.40. The van der Waals surface area contributed by atoms with Gasteiger partial charge in [0.1, 0.15) is 29.5 Å². The summed E-state index contributed by atoms with van der Waals surface area (Å²) in [6.07, 6.45) is -3.74. The Bertz CT molecular complexity index is 888. The minimum atomic E-state index is -1.19. The standard InChI is InChI=1S/C19H22O7/c1-6(2)11-9-7(5-8(20)24-11)18(3)14-12(10(9)21)26-17(23)19(14,4)15(22)13-16(18)25-13/h5-6,10,12-16,21-22H,1-4H3/t10-,12-,13+,14-,15+,16+,18-,19-/m1/s1. The second kappa shape index (κ2) is 4.58. The number of carbonyl (C=O) groups excluding carboxylic acids is 1. The van der Waals surface area contributed by atoms with Gasteiger partial charge < -0.3 is 24.1 Å². The van der Waals surface area contributed by atoms with Crippen molar-refractivity contribution in [3.05, 3.63) is 33.4 Å². The predicted molar refractivity (Wildman–Crippen MR) is 87.5 cm³/mol. The zero-order chi connectivity index (χ0) is 18.8. The number of hydrogen-bond acceptors (Lipinski definition) is 7. The van der Waals surface area contributed by atoms with Crippen molar-refractivity contribution in [3.8, 4) is 0 Å². The lowest BCUT2D eigenvalue weighted by Crippen LogP contribution is -2.62. The topological polar surface area (TPSA) is 110 Å². The van der Waals surface area contributed by atoms with Crippen molar-refractivity contribution in [3.63, 3.8) is 0 Å². The maximum atomic E-state index is 12.7. The van der Waals surface area contributed by atoms with Crippen LogP contribution in [0, 0.1) is 11.3 Å². The Labute approximate surface area is 149 Å². The van der Waals surface area contributed by atoms with E-state index in [-0.39, 0.29) is 12.0 Å². The van der Waals surface area contributed by atoms with Gasteiger partial charge in [0, 0.05) is 28.9 Å². The van der Waals surface area contributed by atoms with Gasteiger partial charge in [-0.05, 0) is 12.5 Å². The highest BCUT2D eigenvalue weighted by Gasteiger charge is 2.79. The Morgan fingerprint density at radius 1 is 1.12 bits per heavy atom. The lowest BCUT2D eigenvalue weighted by atomic mass is 9.48. The number of esters is 1. The molecule has 8 atom stereocenters. The van der Waals surface area contributed by atoms with E-state index >= 15 is 0 Å². The molecule has 3 heterocycles. The van der Waals surface area contributed by atoms with E-state index in [2.05, 4.69) is 0 Å². The van der Waals surface area contributed by atoms with Crippen LogP contribution < -0.4 is 5.63 Å². The van der Waals surface area contributed by atoms with Crippen molar-refractivity contribution in [1.82, 2.24) is 0 Å². The molecule has 7 heteroatoms. The Balaban J connectivity index is 1.85. The van der Waals surface area contributed by atoms with E-state index in [0.717, 1.165) is 0 Å². The number of epoxide rings is 1. The molecule has 3 fully saturated rings. The summed E-state index contributed by atoms with van der Waals surface area (Å²) in [5, 5.41) is 21.8. The molecule has 2 aliphatic carbocycles. The van der Waals surface area contributed by atoms with Crippen molar-refractivity contribution in [1.29, 1.82) is 0 Å². The van der Waals surface area contributed by atoms with Crippen LogP contribution in [0.5, 0.6) is 0 Å². The molecule has 0 amide bonds. The monoisotopic (exact) mass is 362 g/mol. The summed E-state index contributed by atoms with van der Waals surface area (Å²) in [7, 11) is 0. The van der Waals surface area contributed by atoms with E-state index in [1.165, 1.54) is 6.07 Å². The normalized spacial score (nSPS) is 47.9. The molecule has 0 aromatic carbocycles. The summed E-state index contributed by atoms with van der Waals surface area (Å²) >= 11 is 0. The second-order valence-electron chi connectivity index (χ2n) is 8.74. The maximum Gasteiger partial charge on any atom is 0.336 e. The van der Waals surface area contributed by atoms with Gasteiger partial charge in [-0.2, -0.15) is 0 Å². The fraction of sp³-hybridized carbons (Fsp3) is 0.684. The van der Waals surface area contributed by atoms with Crippen molar-refractivity contribution in [2.75, 3.05) is 0 Å². The number of ether oxygens (including phenoxy) is 2. The molecule has 5 rings (SSSR count). The Morgan fingerprint density at radius 3 is 2.46 bits per heavy atom. The molecular formula is C19H22O7. The minimum absolute atomic E-state index is 0.124. The highest BCUT2D eigenvalue weighted by Crippen LogP contribution is 2.68. The zero-order valence-corrected chi connectivity index (χ0v) is 15.1. The van der Waals surface area contributed by atoms with Crippen molar-refractivity contribution in [2.24, 2.45) is 11.3 Å². The highest BCUT2D eigenvalue weighted by atomic mass is 16.6. The van der Waals surface area contributed by atoms with Crippen LogP contribution in [0.3, 0.4) is 0 Å². The Kier molecular flexibility index (Phi) is 2.90. The van der Waals surface area contributed by atoms with Crippen LogP contribution in [-0.4, -0.2) is 40.6 Å². The Hall–Kier alpha value is -1.70. The van der Waals surface area contributed by atoms with E-state index in [4.69, 9.17) is 13.9 Å². The molecule has 1 aromatic heterocycles. The average molecular weight is 362 g/mol. The van der Waals surface area contributed by atoms with Gasteiger partial charge in [-0.25, -0.2) is 4.79 Å². The molecule has 1 saturated carbocycles. The zero-order valence-electron chi connectivity index (χ0n) is 15.1. The SMILES string of the molecule is CC(C)c1oc(=O)cc2c1[C@@H](O)[C@H]1OC(=O)[C@@]3(C)[C@@H](O)[C@@H]4O[C@@H]4[C@@]2(C)[C@@H]13. The van der Waals surface area contributed by atoms with Crippen molar-refractivity contribution < 1.29 is 28.9 Å². The van der Waals surface area contributed by atoms with Gasteiger partial charge in [-0.1, -0.05) is 20.8 Å². The molecule has 0 unspecified atom stereocenters. The first-order chi connectivity index (χ1) is 12.1. The number of fused-ring (bicyclic) bond motifs is 4. The van der Waals surface area contributed by atoms with E-state index in [9.17, 15) is 19.8 Å². The lowest BCUT2D eigenvalue weighted by Gasteiger charge is -2.51. The van der Waals surface area contributed by atoms with Crippen molar-refractivity contribution >= 4 is 5.97 Å². The predicted octanol–water partition coefficient (Wildman–Crippen LogP) is 0.758. The third-order valence-electron chi connectivity index (χ3n) is 7.09. The average Bonchev–Trinajstić information content (AvgIpc) is 3.33. The third-order valence-corrected chi connectivity index (χ3v) is 7.09. The van der Waals surface area contributed by atoms with Crippen molar-refractivity contribution in [2.45, 2.75) is 69.5 Å². The molecule has 1 aromatic rings. The number of carbonyl (C=O) groups is 1. The van der Waals surface area contributed by atoms with Crippen LogP contribution in [-0.2, 0) is 19.7 Å². The molecule has 7 nitrogen and oxygen atoms in total. The molecule has 2 saturated heterocycles. The molecule has 26 heavy (non-hydrogen) atoms. The molecular weight excluding hydrogens is 340 g/mol. The summed E-state index contributed by atoms with van der Waals surface area (Å²) in [5.41, 5.74) is -1.25. The Morgan fingerprint density at radius 2 is 1.81 bits per heavy atom. The molecule has 0 spiro atoms. The fourth-order valence-electron chi connectivity index (χ4n) is 5.85. The van der Waals surface area contributed by atoms with E-state index < -0.39 is 52.8 Å². The van der Waals surface area contributed by atoms with Gasteiger partial charge in [-0.15, -0.1) is 0 Å². The van der Waals surface area contributed by atoms with Crippen LogP contribution >= 0.6 is 0 Å². The number of aliphatic hydroxyl groups excluding tert-OH is 2. The van der Waals surface area contributed by atoms with Gasteiger partial charge >= 0.3 is 11.6 Å². The maximum absolute atomic E-state index is 12.7.